The summed E-state index contributed by atoms with van der Waals surface area (Å²) in [5.74, 6) is 0.733. The average Bonchev–Trinajstić information content (AvgIpc) is 2.30. The maximum absolute atomic E-state index is 11.4. The maximum atomic E-state index is 11.4. The van der Waals surface area contributed by atoms with Crippen molar-refractivity contribution in [1.29, 1.82) is 0 Å². The molecule has 0 fully saturated rings. The summed E-state index contributed by atoms with van der Waals surface area (Å²) in [7, 11) is -3.19. The van der Waals surface area contributed by atoms with E-state index in [1.807, 2.05) is 12.1 Å². The lowest BCUT2D eigenvalue weighted by Crippen LogP contribution is -2.17. The highest BCUT2D eigenvalue weighted by atomic mass is 32.2. The zero-order valence-corrected chi connectivity index (χ0v) is 12.9. The van der Waals surface area contributed by atoms with E-state index in [-0.39, 0.29) is 5.75 Å². The van der Waals surface area contributed by atoms with Crippen LogP contribution in [0.25, 0.3) is 0 Å². The normalized spacial score (nSPS) is 13.3. The Morgan fingerprint density at radius 3 is 2.05 bits per heavy atom. The summed E-state index contributed by atoms with van der Waals surface area (Å²) in [4.78, 5) is 0. The van der Waals surface area contributed by atoms with Gasteiger partial charge in [-0.25, -0.2) is 8.42 Å². The minimum absolute atomic E-state index is 0.0818. The number of benzene rings is 1. The molecule has 0 aliphatic rings. The first-order valence-corrected chi connectivity index (χ1v) is 8.34. The van der Waals surface area contributed by atoms with Crippen LogP contribution in [0.3, 0.4) is 0 Å². The first-order chi connectivity index (χ1) is 8.82. The Morgan fingerprint density at radius 1 is 1.05 bits per heavy atom. The third-order valence-electron chi connectivity index (χ3n) is 2.78. The van der Waals surface area contributed by atoms with E-state index in [9.17, 15) is 8.42 Å². The number of nitrogens with one attached hydrogen (secondary N) is 2. The molecule has 5 heteroatoms. The van der Waals surface area contributed by atoms with Crippen LogP contribution in [0.1, 0.15) is 34.1 Å². The van der Waals surface area contributed by atoms with E-state index in [4.69, 9.17) is 0 Å². The topological polar surface area (TPSA) is 58.2 Å². The van der Waals surface area contributed by atoms with Gasteiger partial charge in [-0.3, -0.25) is 4.72 Å². The van der Waals surface area contributed by atoms with Crippen LogP contribution < -0.4 is 10.0 Å². The van der Waals surface area contributed by atoms with Gasteiger partial charge in [0, 0.05) is 17.4 Å². The fourth-order valence-corrected chi connectivity index (χ4v) is 2.58. The first-order valence-electron chi connectivity index (χ1n) is 6.69. The molecule has 2 N–H and O–H groups in total. The van der Waals surface area contributed by atoms with Gasteiger partial charge in [-0.1, -0.05) is 13.8 Å². The van der Waals surface area contributed by atoms with Crippen LogP contribution in [0.4, 0.5) is 11.4 Å². The van der Waals surface area contributed by atoms with Gasteiger partial charge in [-0.15, -0.1) is 0 Å². The monoisotopic (exact) mass is 284 g/mol. The second-order valence-electron chi connectivity index (χ2n) is 5.26. The minimum Gasteiger partial charge on any atom is -0.383 e. The molecule has 0 aliphatic heterocycles. The van der Waals surface area contributed by atoms with E-state index in [0.717, 1.165) is 12.1 Å². The summed E-state index contributed by atoms with van der Waals surface area (Å²) < 4.78 is 25.4. The van der Waals surface area contributed by atoms with Crippen molar-refractivity contribution in [1.82, 2.24) is 0 Å². The molecule has 1 aromatic carbocycles. The van der Waals surface area contributed by atoms with Crippen molar-refractivity contribution in [2.45, 2.75) is 40.2 Å². The SMILES string of the molecule is CCS(=O)(=O)Nc1ccc(NC(C)CC(C)C)cc1. The Bertz CT molecular complexity index is 481. The van der Waals surface area contributed by atoms with Crippen molar-refractivity contribution in [3.8, 4) is 0 Å². The van der Waals surface area contributed by atoms with Crippen molar-refractivity contribution >= 4 is 21.4 Å². The minimum atomic E-state index is -3.19. The van der Waals surface area contributed by atoms with E-state index in [2.05, 4.69) is 30.8 Å². The molecule has 0 saturated heterocycles. The highest BCUT2D eigenvalue weighted by Gasteiger charge is 2.07. The molecular weight excluding hydrogens is 260 g/mol. The molecule has 0 aliphatic carbocycles. The standard InChI is InChI=1S/C14H24N2O2S/c1-5-19(17,18)16-14-8-6-13(7-9-14)15-12(4)10-11(2)3/h6-9,11-12,15-16H,5,10H2,1-4H3. The summed E-state index contributed by atoms with van der Waals surface area (Å²) in [6.07, 6.45) is 1.10. The zero-order valence-electron chi connectivity index (χ0n) is 12.1. The molecule has 1 unspecified atom stereocenters. The predicted molar refractivity (Wildman–Crippen MR) is 82.1 cm³/mol. The second-order valence-corrected chi connectivity index (χ2v) is 7.27. The molecule has 0 heterocycles. The fraction of sp³-hybridized carbons (Fsp3) is 0.571. The van der Waals surface area contributed by atoms with E-state index in [1.165, 1.54) is 0 Å². The smallest absolute Gasteiger partial charge is 0.232 e. The van der Waals surface area contributed by atoms with Crippen molar-refractivity contribution in [3.05, 3.63) is 24.3 Å². The van der Waals surface area contributed by atoms with Gasteiger partial charge in [0.15, 0.2) is 0 Å². The van der Waals surface area contributed by atoms with Crippen LogP contribution in [0.2, 0.25) is 0 Å². The number of anilines is 2. The van der Waals surface area contributed by atoms with E-state index in [0.29, 0.717) is 17.6 Å². The van der Waals surface area contributed by atoms with Gasteiger partial charge in [0.2, 0.25) is 10.0 Å². The molecule has 1 rings (SSSR count). The highest BCUT2D eigenvalue weighted by molar-refractivity contribution is 7.92. The summed E-state index contributed by atoms with van der Waals surface area (Å²) in [5, 5.41) is 3.40. The third-order valence-corrected chi connectivity index (χ3v) is 4.08. The number of rotatable bonds is 7. The molecule has 1 atom stereocenters. The molecule has 108 valence electrons. The van der Waals surface area contributed by atoms with Gasteiger partial charge in [-0.05, 0) is 50.5 Å². The second kappa shape index (κ2) is 6.80. The maximum Gasteiger partial charge on any atom is 0.232 e. The molecule has 0 spiro atoms. The van der Waals surface area contributed by atoms with Crippen LogP contribution in [0.5, 0.6) is 0 Å². The van der Waals surface area contributed by atoms with Crippen molar-refractivity contribution in [3.63, 3.8) is 0 Å². The highest BCUT2D eigenvalue weighted by Crippen LogP contribution is 2.17. The number of hydrogen-bond acceptors (Lipinski definition) is 3. The Labute approximate surface area is 116 Å². The van der Waals surface area contributed by atoms with E-state index >= 15 is 0 Å². The van der Waals surface area contributed by atoms with Crippen LogP contribution in [-0.4, -0.2) is 20.2 Å². The molecular formula is C14H24N2O2S. The quantitative estimate of drug-likeness (QED) is 0.807. The van der Waals surface area contributed by atoms with Crippen LogP contribution in [0.15, 0.2) is 24.3 Å². The van der Waals surface area contributed by atoms with Gasteiger partial charge in [-0.2, -0.15) is 0 Å². The van der Waals surface area contributed by atoms with Gasteiger partial charge in [0.05, 0.1) is 5.75 Å². The molecule has 0 amide bonds. The molecule has 0 bridgehead atoms. The molecule has 0 aromatic heterocycles. The molecule has 4 nitrogen and oxygen atoms in total. The first kappa shape index (κ1) is 15.8. The van der Waals surface area contributed by atoms with Gasteiger partial charge < -0.3 is 5.32 Å². The van der Waals surface area contributed by atoms with Crippen LogP contribution >= 0.6 is 0 Å². The van der Waals surface area contributed by atoms with Gasteiger partial charge in [0.25, 0.3) is 0 Å². The van der Waals surface area contributed by atoms with Gasteiger partial charge >= 0.3 is 0 Å². The van der Waals surface area contributed by atoms with Crippen LogP contribution in [-0.2, 0) is 10.0 Å². The van der Waals surface area contributed by atoms with E-state index in [1.54, 1.807) is 19.1 Å². The largest absolute Gasteiger partial charge is 0.383 e. The fourth-order valence-electron chi connectivity index (χ4n) is 1.94. The third kappa shape index (κ3) is 5.96. The van der Waals surface area contributed by atoms with Crippen molar-refractivity contribution in [2.75, 3.05) is 15.8 Å². The summed E-state index contributed by atoms with van der Waals surface area (Å²) in [6, 6.07) is 7.74. The molecule has 1 aromatic rings. The summed E-state index contributed by atoms with van der Waals surface area (Å²) in [5.41, 5.74) is 1.61. The number of hydrogen-bond donors (Lipinski definition) is 2. The molecule has 0 saturated carbocycles. The molecule has 19 heavy (non-hydrogen) atoms. The summed E-state index contributed by atoms with van der Waals surface area (Å²) in [6.45, 7) is 8.15. The van der Waals surface area contributed by atoms with Crippen molar-refractivity contribution < 1.29 is 8.42 Å². The Hall–Kier alpha value is -1.23. The molecule has 0 radical (unpaired) electrons. The Balaban J connectivity index is 2.62. The van der Waals surface area contributed by atoms with E-state index < -0.39 is 10.0 Å². The lowest BCUT2D eigenvalue weighted by molar-refractivity contribution is 0.540. The average molecular weight is 284 g/mol. The summed E-state index contributed by atoms with van der Waals surface area (Å²) >= 11 is 0. The Kier molecular flexibility index (Phi) is 5.66. The number of sulfonamides is 1. The van der Waals surface area contributed by atoms with Crippen molar-refractivity contribution in [2.24, 2.45) is 5.92 Å². The predicted octanol–water partition coefficient (Wildman–Crippen LogP) is 3.29. The zero-order chi connectivity index (χ0) is 14.5. The lowest BCUT2D eigenvalue weighted by atomic mass is 10.1. The van der Waals surface area contributed by atoms with Gasteiger partial charge in [0.1, 0.15) is 0 Å². The van der Waals surface area contributed by atoms with Crippen LogP contribution in [0, 0.1) is 5.92 Å². The lowest BCUT2D eigenvalue weighted by Gasteiger charge is -2.17. The Morgan fingerprint density at radius 2 is 1.58 bits per heavy atom.